The number of carbonyl (C=O) groups excluding carboxylic acids is 1. The predicted octanol–water partition coefficient (Wildman–Crippen LogP) is 0.830. The molecule has 1 aliphatic rings. The van der Waals surface area contributed by atoms with Crippen LogP contribution in [0, 0.1) is 0 Å². The van der Waals surface area contributed by atoms with E-state index >= 15 is 0 Å². The number of rotatable bonds is 4. The zero-order valence-corrected chi connectivity index (χ0v) is 12.4. The van der Waals surface area contributed by atoms with Crippen molar-refractivity contribution in [2.24, 2.45) is 0 Å². The molecule has 0 radical (unpaired) electrons. The van der Waals surface area contributed by atoms with Gasteiger partial charge in [-0.2, -0.15) is 0 Å². The van der Waals surface area contributed by atoms with Gasteiger partial charge in [0.1, 0.15) is 5.82 Å². The zero-order valence-electron chi connectivity index (χ0n) is 12.4. The van der Waals surface area contributed by atoms with E-state index in [9.17, 15) is 4.79 Å². The van der Waals surface area contributed by atoms with Crippen molar-refractivity contribution >= 4 is 23.2 Å². The van der Waals surface area contributed by atoms with Crippen LogP contribution >= 0.6 is 0 Å². The van der Waals surface area contributed by atoms with Crippen LogP contribution in [0.4, 0.5) is 11.6 Å². The van der Waals surface area contributed by atoms with Gasteiger partial charge in [-0.3, -0.25) is 4.79 Å². The Balaban J connectivity index is 1.84. The van der Waals surface area contributed by atoms with E-state index in [-0.39, 0.29) is 5.91 Å². The fourth-order valence-electron chi connectivity index (χ4n) is 2.64. The maximum Gasteiger partial charge on any atom is 0.242 e. The number of amides is 1. The summed E-state index contributed by atoms with van der Waals surface area (Å²) >= 11 is 0. The van der Waals surface area contributed by atoms with Gasteiger partial charge < -0.3 is 19.5 Å². The fourth-order valence-corrected chi connectivity index (χ4v) is 2.64. The lowest BCUT2D eigenvalue weighted by molar-refractivity contribution is -0.128. The molecule has 21 heavy (non-hydrogen) atoms. The van der Waals surface area contributed by atoms with Gasteiger partial charge in [0, 0.05) is 39.6 Å². The van der Waals surface area contributed by atoms with Gasteiger partial charge in [0.2, 0.25) is 5.91 Å². The molecule has 7 heteroatoms. The highest BCUT2D eigenvalue weighted by atomic mass is 16.2. The average molecular weight is 288 g/mol. The molecule has 1 aliphatic heterocycles. The second-order valence-electron chi connectivity index (χ2n) is 5.30. The third-order valence-electron chi connectivity index (χ3n) is 3.81. The van der Waals surface area contributed by atoms with Crippen LogP contribution < -0.4 is 10.2 Å². The third-order valence-corrected chi connectivity index (χ3v) is 3.81. The number of anilines is 2. The lowest BCUT2D eigenvalue weighted by atomic mass is 10.4. The summed E-state index contributed by atoms with van der Waals surface area (Å²) < 4.78 is 1.91. The van der Waals surface area contributed by atoms with Gasteiger partial charge >= 0.3 is 0 Å². The molecule has 0 bridgehead atoms. The molecule has 1 amide bonds. The van der Waals surface area contributed by atoms with Gasteiger partial charge in [0.05, 0.1) is 12.7 Å². The number of likely N-dealkylation sites (tertiary alicyclic amines) is 1. The second kappa shape index (κ2) is 5.59. The summed E-state index contributed by atoms with van der Waals surface area (Å²) in [5, 5.41) is 3.03. The monoisotopic (exact) mass is 288 g/mol. The standard InChI is InChI=1S/C14H20N6O/c1-15-11-9-20-8-5-16-13(20)14(17-11)18(2)10-12(21)19-6-3-4-7-19/h5,8-9,15H,3-4,6-7,10H2,1-2H3. The van der Waals surface area contributed by atoms with E-state index in [0.717, 1.165) is 37.4 Å². The van der Waals surface area contributed by atoms with Crippen LogP contribution in [0.25, 0.3) is 5.65 Å². The Kier molecular flexibility index (Phi) is 3.64. The van der Waals surface area contributed by atoms with Crippen molar-refractivity contribution in [1.82, 2.24) is 19.3 Å². The summed E-state index contributed by atoms with van der Waals surface area (Å²) in [6.45, 7) is 2.06. The number of hydrogen-bond acceptors (Lipinski definition) is 5. The number of carbonyl (C=O) groups is 1. The molecule has 0 spiro atoms. The Morgan fingerprint density at radius 2 is 2.19 bits per heavy atom. The topological polar surface area (TPSA) is 65.8 Å². The molecule has 0 atom stereocenters. The van der Waals surface area contributed by atoms with Crippen molar-refractivity contribution in [3.05, 3.63) is 18.6 Å². The summed E-state index contributed by atoms with van der Waals surface area (Å²) in [6.07, 6.45) is 7.69. The van der Waals surface area contributed by atoms with E-state index in [1.165, 1.54) is 0 Å². The molecule has 3 rings (SSSR count). The molecule has 2 aromatic rings. The van der Waals surface area contributed by atoms with Crippen LogP contribution in [0.2, 0.25) is 0 Å². The van der Waals surface area contributed by atoms with Crippen molar-refractivity contribution in [2.75, 3.05) is 43.9 Å². The van der Waals surface area contributed by atoms with E-state index in [2.05, 4.69) is 15.3 Å². The number of nitrogens with one attached hydrogen (secondary N) is 1. The van der Waals surface area contributed by atoms with Crippen molar-refractivity contribution in [3.63, 3.8) is 0 Å². The first-order valence-corrected chi connectivity index (χ1v) is 7.19. The highest BCUT2D eigenvalue weighted by Crippen LogP contribution is 2.19. The maximum absolute atomic E-state index is 12.3. The van der Waals surface area contributed by atoms with Crippen LogP contribution in [0.15, 0.2) is 18.6 Å². The van der Waals surface area contributed by atoms with Crippen LogP contribution in [0.3, 0.4) is 0 Å². The number of nitrogens with zero attached hydrogens (tertiary/aromatic N) is 5. The molecular weight excluding hydrogens is 268 g/mol. The maximum atomic E-state index is 12.3. The molecule has 3 heterocycles. The molecular formula is C14H20N6O. The van der Waals surface area contributed by atoms with Gasteiger partial charge in [0.15, 0.2) is 11.5 Å². The van der Waals surface area contributed by atoms with Gasteiger partial charge in [-0.25, -0.2) is 9.97 Å². The fraction of sp³-hybridized carbons (Fsp3) is 0.500. The summed E-state index contributed by atoms with van der Waals surface area (Å²) in [6, 6.07) is 0. The summed E-state index contributed by atoms with van der Waals surface area (Å²) in [5.41, 5.74) is 0.755. The lowest BCUT2D eigenvalue weighted by Gasteiger charge is -2.22. The lowest BCUT2D eigenvalue weighted by Crippen LogP contribution is -2.37. The number of imidazole rings is 1. The van der Waals surface area contributed by atoms with E-state index in [4.69, 9.17) is 0 Å². The minimum atomic E-state index is 0.149. The van der Waals surface area contributed by atoms with Crippen LogP contribution in [0.5, 0.6) is 0 Å². The molecule has 1 saturated heterocycles. The SMILES string of the molecule is CNc1cn2ccnc2c(N(C)CC(=O)N2CCCC2)n1. The van der Waals surface area contributed by atoms with Crippen LogP contribution in [-0.4, -0.2) is 58.9 Å². The summed E-state index contributed by atoms with van der Waals surface area (Å²) in [5.74, 6) is 1.60. The van der Waals surface area contributed by atoms with Crippen molar-refractivity contribution in [2.45, 2.75) is 12.8 Å². The van der Waals surface area contributed by atoms with Gasteiger partial charge in [-0.05, 0) is 12.8 Å². The van der Waals surface area contributed by atoms with Gasteiger partial charge in [0.25, 0.3) is 0 Å². The second-order valence-corrected chi connectivity index (χ2v) is 5.30. The Morgan fingerprint density at radius 3 is 2.90 bits per heavy atom. The molecule has 0 saturated carbocycles. The van der Waals surface area contributed by atoms with Crippen molar-refractivity contribution < 1.29 is 4.79 Å². The predicted molar refractivity (Wildman–Crippen MR) is 81.6 cm³/mol. The van der Waals surface area contributed by atoms with Crippen LogP contribution in [0.1, 0.15) is 12.8 Å². The van der Waals surface area contributed by atoms with Crippen molar-refractivity contribution in [1.29, 1.82) is 0 Å². The Morgan fingerprint density at radius 1 is 1.43 bits per heavy atom. The molecule has 7 nitrogen and oxygen atoms in total. The Bertz CT molecular complexity index is 646. The van der Waals surface area contributed by atoms with E-state index < -0.39 is 0 Å². The van der Waals surface area contributed by atoms with Gasteiger partial charge in [-0.15, -0.1) is 0 Å². The number of hydrogen-bond donors (Lipinski definition) is 1. The first-order valence-electron chi connectivity index (χ1n) is 7.19. The molecule has 1 N–H and O–H groups in total. The average Bonchev–Trinajstić information content (AvgIpc) is 3.16. The first kappa shape index (κ1) is 13.7. The number of aromatic nitrogens is 3. The highest BCUT2D eigenvalue weighted by Gasteiger charge is 2.21. The van der Waals surface area contributed by atoms with E-state index in [1.54, 1.807) is 6.20 Å². The number of fused-ring (bicyclic) bond motifs is 1. The van der Waals surface area contributed by atoms with Gasteiger partial charge in [-0.1, -0.05) is 0 Å². The first-order chi connectivity index (χ1) is 10.2. The molecule has 0 aliphatic carbocycles. The minimum absolute atomic E-state index is 0.149. The molecule has 2 aromatic heterocycles. The Hall–Kier alpha value is -2.31. The highest BCUT2D eigenvalue weighted by molar-refractivity contribution is 5.83. The molecule has 0 aromatic carbocycles. The smallest absolute Gasteiger partial charge is 0.242 e. The van der Waals surface area contributed by atoms with Crippen LogP contribution in [-0.2, 0) is 4.79 Å². The zero-order chi connectivity index (χ0) is 14.8. The summed E-state index contributed by atoms with van der Waals surface area (Å²) in [7, 11) is 3.70. The molecule has 112 valence electrons. The minimum Gasteiger partial charge on any atom is -0.372 e. The quantitative estimate of drug-likeness (QED) is 0.902. The number of likely N-dealkylation sites (N-methyl/N-ethyl adjacent to an activating group) is 1. The van der Waals surface area contributed by atoms with E-state index in [1.807, 2.05) is 40.7 Å². The molecule has 1 fully saturated rings. The third kappa shape index (κ3) is 2.63. The van der Waals surface area contributed by atoms with Crippen molar-refractivity contribution in [3.8, 4) is 0 Å². The summed E-state index contributed by atoms with van der Waals surface area (Å²) in [4.78, 5) is 24.9. The van der Waals surface area contributed by atoms with E-state index in [0.29, 0.717) is 12.4 Å². The Labute approximate surface area is 123 Å². The normalized spacial score (nSPS) is 14.7. The molecule has 0 unspecified atom stereocenters. The largest absolute Gasteiger partial charge is 0.372 e.